The van der Waals surface area contributed by atoms with Crippen molar-refractivity contribution >= 4 is 17.4 Å². The molecule has 0 aliphatic carbocycles. The van der Waals surface area contributed by atoms with Gasteiger partial charge in [-0.25, -0.2) is 0 Å². The molecule has 3 rings (SSSR count). The molecule has 2 aromatic carbocycles. The molecule has 0 unspecified atom stereocenters. The monoisotopic (exact) mass is 344 g/mol. The predicted octanol–water partition coefficient (Wildman–Crippen LogP) is 4.54. The highest BCUT2D eigenvalue weighted by molar-refractivity contribution is 6.09. The van der Waals surface area contributed by atoms with Gasteiger partial charge in [-0.1, -0.05) is 42.5 Å². The van der Waals surface area contributed by atoms with E-state index in [2.05, 4.69) is 22.4 Å². The molecule has 0 radical (unpaired) electrons. The van der Waals surface area contributed by atoms with E-state index in [1.54, 1.807) is 36.5 Å². The molecule has 0 bridgehead atoms. The first-order chi connectivity index (χ1) is 12.7. The zero-order valence-electron chi connectivity index (χ0n) is 14.4. The predicted molar refractivity (Wildman–Crippen MR) is 102 cm³/mol. The van der Waals surface area contributed by atoms with Crippen molar-refractivity contribution in [2.75, 3.05) is 5.32 Å². The molecule has 4 nitrogen and oxygen atoms in total. The molecule has 26 heavy (non-hydrogen) atoms. The van der Waals surface area contributed by atoms with E-state index in [-0.39, 0.29) is 11.7 Å². The molecule has 130 valence electrons. The first-order valence-electron chi connectivity index (χ1n) is 8.61. The second kappa shape index (κ2) is 8.72. The molecule has 0 saturated carbocycles. The van der Waals surface area contributed by atoms with Gasteiger partial charge in [0.05, 0.1) is 11.3 Å². The number of ketones is 1. The fourth-order valence-corrected chi connectivity index (χ4v) is 2.76. The molecule has 0 saturated heterocycles. The molecular formula is C22H20N2O2. The van der Waals surface area contributed by atoms with Crippen LogP contribution in [-0.2, 0) is 6.42 Å². The fourth-order valence-electron chi connectivity index (χ4n) is 2.76. The summed E-state index contributed by atoms with van der Waals surface area (Å²) in [7, 11) is 0. The smallest absolute Gasteiger partial charge is 0.257 e. The lowest BCUT2D eigenvalue weighted by Crippen LogP contribution is -2.15. The molecule has 4 heteroatoms. The Labute approximate surface area is 152 Å². The number of aryl methyl sites for hydroxylation is 1. The normalized spacial score (nSPS) is 10.3. The van der Waals surface area contributed by atoms with Gasteiger partial charge in [0.1, 0.15) is 0 Å². The van der Waals surface area contributed by atoms with Crippen LogP contribution in [0.4, 0.5) is 5.69 Å². The van der Waals surface area contributed by atoms with E-state index in [4.69, 9.17) is 0 Å². The number of carbonyl (C=O) groups is 2. The van der Waals surface area contributed by atoms with Crippen LogP contribution < -0.4 is 5.32 Å². The van der Waals surface area contributed by atoms with Crippen molar-refractivity contribution < 1.29 is 9.59 Å². The number of para-hydroxylation sites is 1. The summed E-state index contributed by atoms with van der Waals surface area (Å²) in [4.78, 5) is 28.9. The number of benzene rings is 2. The summed E-state index contributed by atoms with van der Waals surface area (Å²) in [6.07, 6.45) is 5.18. The second-order valence-electron chi connectivity index (χ2n) is 6.00. The highest BCUT2D eigenvalue weighted by Gasteiger charge is 2.14. The number of aromatic nitrogens is 1. The van der Waals surface area contributed by atoms with Crippen LogP contribution in [0, 0.1) is 0 Å². The van der Waals surface area contributed by atoms with Gasteiger partial charge in [-0.15, -0.1) is 0 Å². The van der Waals surface area contributed by atoms with Gasteiger partial charge in [-0.3, -0.25) is 14.6 Å². The summed E-state index contributed by atoms with van der Waals surface area (Å²) in [5.41, 5.74) is 2.75. The highest BCUT2D eigenvalue weighted by Crippen LogP contribution is 2.19. The number of anilines is 1. The molecule has 0 aliphatic rings. The van der Waals surface area contributed by atoms with Crippen LogP contribution in [0.3, 0.4) is 0 Å². The number of hydrogen-bond donors (Lipinski definition) is 1. The number of pyridine rings is 1. The van der Waals surface area contributed by atoms with Gasteiger partial charge in [-0.05, 0) is 42.7 Å². The van der Waals surface area contributed by atoms with Crippen LogP contribution >= 0.6 is 0 Å². The Morgan fingerprint density at radius 1 is 0.885 bits per heavy atom. The minimum Gasteiger partial charge on any atom is -0.321 e. The van der Waals surface area contributed by atoms with Crippen molar-refractivity contribution in [3.05, 3.63) is 95.8 Å². The van der Waals surface area contributed by atoms with Gasteiger partial charge >= 0.3 is 0 Å². The zero-order chi connectivity index (χ0) is 18.2. The number of carbonyl (C=O) groups excluding carboxylic acids is 2. The first kappa shape index (κ1) is 17.5. The van der Waals surface area contributed by atoms with Crippen LogP contribution in [0.1, 0.15) is 39.1 Å². The van der Waals surface area contributed by atoms with Crippen molar-refractivity contribution in [3.63, 3.8) is 0 Å². The van der Waals surface area contributed by atoms with Crippen LogP contribution in [0.2, 0.25) is 0 Å². The van der Waals surface area contributed by atoms with Crippen molar-refractivity contribution in [1.82, 2.24) is 4.98 Å². The Balaban J connectivity index is 1.64. The van der Waals surface area contributed by atoms with E-state index < -0.39 is 0 Å². The Morgan fingerprint density at radius 2 is 1.65 bits per heavy atom. The maximum absolute atomic E-state index is 12.6. The zero-order valence-corrected chi connectivity index (χ0v) is 14.4. The number of rotatable bonds is 7. The van der Waals surface area contributed by atoms with Crippen molar-refractivity contribution in [2.45, 2.75) is 19.3 Å². The van der Waals surface area contributed by atoms with Gasteiger partial charge < -0.3 is 5.32 Å². The Morgan fingerprint density at radius 3 is 2.42 bits per heavy atom. The van der Waals surface area contributed by atoms with Gasteiger partial charge in [0.25, 0.3) is 5.91 Å². The van der Waals surface area contributed by atoms with Gasteiger partial charge in [0.2, 0.25) is 0 Å². The van der Waals surface area contributed by atoms with Crippen LogP contribution in [-0.4, -0.2) is 16.7 Å². The molecular weight excluding hydrogens is 324 g/mol. The maximum atomic E-state index is 12.6. The quantitative estimate of drug-likeness (QED) is 0.640. The SMILES string of the molecule is O=C(Nc1ccccc1C(=O)CCCc1ccccc1)c1cccnc1. The summed E-state index contributed by atoms with van der Waals surface area (Å²) in [5, 5.41) is 2.82. The Hall–Kier alpha value is -3.27. The third-order valence-electron chi connectivity index (χ3n) is 4.11. The molecule has 0 atom stereocenters. The van der Waals surface area contributed by atoms with Gasteiger partial charge in [0.15, 0.2) is 5.78 Å². The lowest BCUT2D eigenvalue weighted by atomic mass is 10.0. The summed E-state index contributed by atoms with van der Waals surface area (Å²) >= 11 is 0. The van der Waals surface area contributed by atoms with Crippen LogP contribution in [0.15, 0.2) is 79.1 Å². The summed E-state index contributed by atoms with van der Waals surface area (Å²) in [5.74, 6) is -0.245. The summed E-state index contributed by atoms with van der Waals surface area (Å²) < 4.78 is 0. The third-order valence-corrected chi connectivity index (χ3v) is 4.11. The topological polar surface area (TPSA) is 59.1 Å². The minimum atomic E-state index is -0.275. The number of nitrogens with zero attached hydrogens (tertiary/aromatic N) is 1. The lowest BCUT2D eigenvalue weighted by molar-refractivity contribution is 0.0981. The molecule has 3 aromatic rings. The number of nitrogens with one attached hydrogen (secondary N) is 1. The Kier molecular flexibility index (Phi) is 5.88. The molecule has 0 aliphatic heterocycles. The first-order valence-corrected chi connectivity index (χ1v) is 8.61. The van der Waals surface area contributed by atoms with E-state index in [1.807, 2.05) is 24.3 Å². The summed E-state index contributed by atoms with van der Waals surface area (Å²) in [6, 6.07) is 20.6. The van der Waals surface area contributed by atoms with E-state index in [0.717, 1.165) is 12.8 Å². The molecule has 1 heterocycles. The fraction of sp³-hybridized carbons (Fsp3) is 0.136. The standard InChI is InChI=1S/C22H20N2O2/c25-21(14-6-10-17-8-2-1-3-9-17)19-12-4-5-13-20(19)24-22(26)18-11-7-15-23-16-18/h1-5,7-9,11-13,15-16H,6,10,14H2,(H,24,26). The van der Waals surface area contributed by atoms with Gasteiger partial charge in [0, 0.05) is 24.4 Å². The van der Waals surface area contributed by atoms with Crippen molar-refractivity contribution in [3.8, 4) is 0 Å². The van der Waals surface area contributed by atoms with E-state index in [9.17, 15) is 9.59 Å². The molecule has 1 aromatic heterocycles. The van der Waals surface area contributed by atoms with E-state index in [1.165, 1.54) is 11.8 Å². The van der Waals surface area contributed by atoms with Crippen LogP contribution in [0.5, 0.6) is 0 Å². The molecule has 0 fully saturated rings. The average molecular weight is 344 g/mol. The minimum absolute atomic E-state index is 0.0306. The summed E-state index contributed by atoms with van der Waals surface area (Å²) in [6.45, 7) is 0. The number of hydrogen-bond acceptors (Lipinski definition) is 3. The van der Waals surface area contributed by atoms with Crippen molar-refractivity contribution in [2.24, 2.45) is 0 Å². The van der Waals surface area contributed by atoms with E-state index in [0.29, 0.717) is 23.2 Å². The third kappa shape index (κ3) is 4.63. The van der Waals surface area contributed by atoms with E-state index >= 15 is 0 Å². The van der Waals surface area contributed by atoms with Gasteiger partial charge in [-0.2, -0.15) is 0 Å². The maximum Gasteiger partial charge on any atom is 0.257 e. The largest absolute Gasteiger partial charge is 0.321 e. The molecule has 0 spiro atoms. The molecule has 1 N–H and O–H groups in total. The number of amides is 1. The van der Waals surface area contributed by atoms with Crippen LogP contribution in [0.25, 0.3) is 0 Å². The Bertz CT molecular complexity index is 877. The molecule has 1 amide bonds. The lowest BCUT2D eigenvalue weighted by Gasteiger charge is -2.10. The second-order valence-corrected chi connectivity index (χ2v) is 6.00. The van der Waals surface area contributed by atoms with Crippen molar-refractivity contribution in [1.29, 1.82) is 0 Å². The average Bonchev–Trinajstić information content (AvgIpc) is 2.70. The number of Topliss-reactive ketones (excluding diaryl/α,β-unsaturated/α-hetero) is 1. The highest BCUT2D eigenvalue weighted by atomic mass is 16.1.